The lowest BCUT2D eigenvalue weighted by molar-refractivity contribution is 0.199. The van der Waals surface area contributed by atoms with Gasteiger partial charge in [-0.25, -0.2) is 0 Å². The van der Waals surface area contributed by atoms with Crippen molar-refractivity contribution < 1.29 is 4.74 Å². The Morgan fingerprint density at radius 3 is 2.72 bits per heavy atom. The van der Waals surface area contributed by atoms with Gasteiger partial charge in [0.15, 0.2) is 0 Å². The predicted molar refractivity (Wildman–Crippen MR) is 73.1 cm³/mol. The summed E-state index contributed by atoms with van der Waals surface area (Å²) >= 11 is 0. The molecule has 0 amide bonds. The van der Waals surface area contributed by atoms with Crippen molar-refractivity contribution in [2.45, 2.75) is 37.4 Å². The first-order valence-corrected chi connectivity index (χ1v) is 6.80. The molecule has 1 aromatic carbocycles. The van der Waals surface area contributed by atoms with Crippen molar-refractivity contribution in [1.29, 1.82) is 0 Å². The molecule has 1 fully saturated rings. The number of nitrogens with one attached hydrogen (secondary N) is 1. The van der Waals surface area contributed by atoms with Crippen LogP contribution in [0.4, 0.5) is 0 Å². The average molecular weight is 246 g/mol. The summed E-state index contributed by atoms with van der Waals surface area (Å²) in [4.78, 5) is 2.56. The molecule has 0 aliphatic heterocycles. The maximum atomic E-state index is 5.35. The van der Waals surface area contributed by atoms with Gasteiger partial charge in [0.25, 0.3) is 0 Å². The van der Waals surface area contributed by atoms with Crippen LogP contribution in [-0.2, 0) is 6.42 Å². The first kappa shape index (κ1) is 12.0. The highest BCUT2D eigenvalue weighted by Gasteiger charge is 2.39. The highest BCUT2D eigenvalue weighted by molar-refractivity contribution is 5.42. The topological polar surface area (TPSA) is 24.5 Å². The van der Waals surface area contributed by atoms with Crippen LogP contribution >= 0.6 is 0 Å². The SMILES string of the molecule is CNC1c2cc(OC)ccc2CC1N(C)C1CC1. The van der Waals surface area contributed by atoms with Gasteiger partial charge in [0.2, 0.25) is 0 Å². The van der Waals surface area contributed by atoms with Crippen LogP contribution in [-0.4, -0.2) is 38.2 Å². The summed E-state index contributed by atoms with van der Waals surface area (Å²) in [6, 6.07) is 8.31. The zero-order valence-electron chi connectivity index (χ0n) is 11.4. The van der Waals surface area contributed by atoms with Gasteiger partial charge in [0.1, 0.15) is 5.75 Å². The van der Waals surface area contributed by atoms with Crippen LogP contribution in [0.5, 0.6) is 5.75 Å². The van der Waals surface area contributed by atoms with E-state index in [0.29, 0.717) is 12.1 Å². The third-order valence-electron chi connectivity index (χ3n) is 4.46. The molecular formula is C15H22N2O. The Balaban J connectivity index is 1.89. The molecule has 0 spiro atoms. The minimum atomic E-state index is 0.431. The Bertz CT molecular complexity index is 442. The van der Waals surface area contributed by atoms with Gasteiger partial charge in [-0.15, -0.1) is 0 Å². The molecule has 1 aromatic rings. The van der Waals surface area contributed by atoms with Crippen LogP contribution in [0.3, 0.4) is 0 Å². The van der Waals surface area contributed by atoms with E-state index in [1.165, 1.54) is 24.0 Å². The summed E-state index contributed by atoms with van der Waals surface area (Å²) in [7, 11) is 6.07. The molecule has 0 aromatic heterocycles. The molecular weight excluding hydrogens is 224 g/mol. The summed E-state index contributed by atoms with van der Waals surface area (Å²) in [5.74, 6) is 0.962. The lowest BCUT2D eigenvalue weighted by Crippen LogP contribution is -2.40. The fourth-order valence-electron chi connectivity index (χ4n) is 3.21. The minimum absolute atomic E-state index is 0.431. The van der Waals surface area contributed by atoms with Crippen molar-refractivity contribution in [1.82, 2.24) is 10.2 Å². The lowest BCUT2D eigenvalue weighted by atomic mass is 10.1. The van der Waals surface area contributed by atoms with Crippen molar-refractivity contribution in [3.05, 3.63) is 29.3 Å². The van der Waals surface area contributed by atoms with Crippen LogP contribution in [0, 0.1) is 0 Å². The standard InChI is InChI=1S/C15H22N2O/c1-16-15-13-9-12(18-3)7-4-10(13)8-14(15)17(2)11-5-6-11/h4,7,9,11,14-16H,5-6,8H2,1-3H3. The Kier molecular flexibility index (Phi) is 3.04. The smallest absolute Gasteiger partial charge is 0.119 e. The maximum Gasteiger partial charge on any atom is 0.119 e. The molecule has 98 valence electrons. The average Bonchev–Trinajstić information content (AvgIpc) is 3.18. The van der Waals surface area contributed by atoms with Crippen LogP contribution in [0.2, 0.25) is 0 Å². The molecule has 1 N–H and O–H groups in total. The Morgan fingerprint density at radius 1 is 1.33 bits per heavy atom. The lowest BCUT2D eigenvalue weighted by Gasteiger charge is -2.29. The summed E-state index contributed by atoms with van der Waals surface area (Å²) in [6.07, 6.45) is 3.88. The van der Waals surface area contributed by atoms with Crippen LogP contribution in [0.25, 0.3) is 0 Å². The molecule has 3 rings (SSSR count). The quantitative estimate of drug-likeness (QED) is 0.879. The van der Waals surface area contributed by atoms with E-state index < -0.39 is 0 Å². The molecule has 0 heterocycles. The molecule has 2 atom stereocenters. The van der Waals surface area contributed by atoms with Crippen molar-refractivity contribution >= 4 is 0 Å². The molecule has 3 nitrogen and oxygen atoms in total. The Hall–Kier alpha value is -1.06. The summed E-state index contributed by atoms with van der Waals surface area (Å²) in [5, 5.41) is 3.49. The molecule has 0 radical (unpaired) electrons. The monoisotopic (exact) mass is 246 g/mol. The zero-order valence-corrected chi connectivity index (χ0v) is 11.4. The van der Waals surface area contributed by atoms with E-state index in [1.807, 2.05) is 0 Å². The molecule has 2 aliphatic carbocycles. The zero-order chi connectivity index (χ0) is 12.7. The van der Waals surface area contributed by atoms with Gasteiger partial charge in [-0.1, -0.05) is 6.07 Å². The normalized spacial score (nSPS) is 26.4. The second-order valence-corrected chi connectivity index (χ2v) is 5.50. The van der Waals surface area contributed by atoms with E-state index in [2.05, 4.69) is 42.5 Å². The van der Waals surface area contributed by atoms with Crippen LogP contribution in [0.1, 0.15) is 30.0 Å². The molecule has 0 bridgehead atoms. The Morgan fingerprint density at radius 2 is 2.11 bits per heavy atom. The first-order chi connectivity index (χ1) is 8.74. The fraction of sp³-hybridized carbons (Fsp3) is 0.600. The van der Waals surface area contributed by atoms with Gasteiger partial charge in [0.05, 0.1) is 7.11 Å². The highest BCUT2D eigenvalue weighted by Crippen LogP contribution is 2.39. The van der Waals surface area contributed by atoms with Gasteiger partial charge < -0.3 is 10.1 Å². The van der Waals surface area contributed by atoms with E-state index in [9.17, 15) is 0 Å². The van der Waals surface area contributed by atoms with Crippen molar-refractivity contribution in [2.24, 2.45) is 0 Å². The number of nitrogens with zero attached hydrogens (tertiary/aromatic N) is 1. The maximum absolute atomic E-state index is 5.35. The number of hydrogen-bond acceptors (Lipinski definition) is 3. The Labute approximate surface area is 109 Å². The molecule has 18 heavy (non-hydrogen) atoms. The van der Waals surface area contributed by atoms with E-state index in [-0.39, 0.29) is 0 Å². The third kappa shape index (κ3) is 1.91. The summed E-state index contributed by atoms with van der Waals surface area (Å²) < 4.78 is 5.35. The summed E-state index contributed by atoms with van der Waals surface area (Å²) in [6.45, 7) is 0. The van der Waals surface area contributed by atoms with E-state index in [0.717, 1.165) is 18.2 Å². The first-order valence-electron chi connectivity index (χ1n) is 6.80. The van der Waals surface area contributed by atoms with Crippen molar-refractivity contribution in [2.75, 3.05) is 21.2 Å². The van der Waals surface area contributed by atoms with Gasteiger partial charge >= 0.3 is 0 Å². The number of benzene rings is 1. The number of likely N-dealkylation sites (N-methyl/N-ethyl adjacent to an activating group) is 2. The number of fused-ring (bicyclic) bond motifs is 1. The van der Waals surface area contributed by atoms with Gasteiger partial charge in [-0.2, -0.15) is 0 Å². The molecule has 3 heteroatoms. The second kappa shape index (κ2) is 4.56. The van der Waals surface area contributed by atoms with Gasteiger partial charge in [-0.3, -0.25) is 4.90 Å². The number of hydrogen-bond donors (Lipinski definition) is 1. The fourth-order valence-corrected chi connectivity index (χ4v) is 3.21. The highest BCUT2D eigenvalue weighted by atomic mass is 16.5. The van der Waals surface area contributed by atoms with Gasteiger partial charge in [0, 0.05) is 18.1 Å². The van der Waals surface area contributed by atoms with Crippen molar-refractivity contribution in [3.63, 3.8) is 0 Å². The van der Waals surface area contributed by atoms with Gasteiger partial charge in [-0.05, 0) is 56.6 Å². The molecule has 2 unspecified atom stereocenters. The van der Waals surface area contributed by atoms with E-state index >= 15 is 0 Å². The molecule has 1 saturated carbocycles. The van der Waals surface area contributed by atoms with Crippen LogP contribution < -0.4 is 10.1 Å². The van der Waals surface area contributed by atoms with Crippen molar-refractivity contribution in [3.8, 4) is 5.75 Å². The third-order valence-corrected chi connectivity index (χ3v) is 4.46. The predicted octanol–water partition coefficient (Wildman–Crippen LogP) is 1.97. The number of methoxy groups -OCH3 is 1. The largest absolute Gasteiger partial charge is 0.497 e. The molecule has 2 aliphatic rings. The summed E-state index contributed by atoms with van der Waals surface area (Å²) in [5.41, 5.74) is 2.88. The van der Waals surface area contributed by atoms with E-state index in [4.69, 9.17) is 4.74 Å². The van der Waals surface area contributed by atoms with Crippen LogP contribution in [0.15, 0.2) is 18.2 Å². The van der Waals surface area contributed by atoms with E-state index in [1.54, 1.807) is 7.11 Å². The number of rotatable bonds is 4. The number of ether oxygens (including phenoxy) is 1. The molecule has 0 saturated heterocycles. The second-order valence-electron chi connectivity index (χ2n) is 5.50. The minimum Gasteiger partial charge on any atom is -0.497 e.